The zero-order valence-corrected chi connectivity index (χ0v) is 22.2. The molecule has 1 aliphatic rings. The van der Waals surface area contributed by atoms with Crippen molar-refractivity contribution in [2.24, 2.45) is 0 Å². The molecule has 3 heterocycles. The lowest BCUT2D eigenvalue weighted by Crippen LogP contribution is -2.43. The second-order valence-corrected chi connectivity index (χ2v) is 9.87. The minimum absolute atomic E-state index is 0.0133. The number of carbonyl (C=O) groups excluding carboxylic acids is 2. The van der Waals surface area contributed by atoms with E-state index >= 15 is 0 Å². The van der Waals surface area contributed by atoms with Crippen LogP contribution < -0.4 is 21.7 Å². The quantitative estimate of drug-likeness (QED) is 0.259. The van der Waals surface area contributed by atoms with E-state index in [1.54, 1.807) is 30.5 Å². The maximum Gasteiger partial charge on any atom is 0.416 e. The smallest absolute Gasteiger partial charge is 0.382 e. The van der Waals surface area contributed by atoms with Crippen molar-refractivity contribution in [3.8, 4) is 11.3 Å². The fraction of sp³-hybridized carbons (Fsp3) is 0.321. The molecule has 2 atom stereocenters. The van der Waals surface area contributed by atoms with Crippen molar-refractivity contribution >= 4 is 29.1 Å². The number of benzene rings is 1. The van der Waals surface area contributed by atoms with Gasteiger partial charge < -0.3 is 21.7 Å². The Labute approximate surface area is 233 Å². The molecule has 41 heavy (non-hydrogen) atoms. The number of imidazole rings is 1. The maximum atomic E-state index is 13.0. The number of nitrogens with one attached hydrogen (secondary N) is 3. The van der Waals surface area contributed by atoms with Crippen LogP contribution in [0.5, 0.6) is 0 Å². The highest BCUT2D eigenvalue weighted by Crippen LogP contribution is 2.37. The van der Waals surface area contributed by atoms with Gasteiger partial charge in [-0.25, -0.2) is 19.7 Å². The van der Waals surface area contributed by atoms with Gasteiger partial charge in [-0.15, -0.1) is 0 Å². The average molecular weight is 567 g/mol. The van der Waals surface area contributed by atoms with Crippen LogP contribution in [0.3, 0.4) is 0 Å². The third-order valence-corrected chi connectivity index (χ3v) is 7.07. The summed E-state index contributed by atoms with van der Waals surface area (Å²) < 4.78 is 41.0. The van der Waals surface area contributed by atoms with Crippen LogP contribution in [0, 0.1) is 0 Å². The second kappa shape index (κ2) is 11.4. The van der Waals surface area contributed by atoms with Gasteiger partial charge in [0.2, 0.25) is 0 Å². The molecule has 1 aliphatic carbocycles. The first kappa shape index (κ1) is 27.9. The molecule has 0 saturated heterocycles. The van der Waals surface area contributed by atoms with Crippen molar-refractivity contribution in [3.05, 3.63) is 71.9 Å². The zero-order chi connectivity index (χ0) is 29.1. The molecule has 5 rings (SSSR count). The number of nitrogens with two attached hydrogens (primary N) is 1. The summed E-state index contributed by atoms with van der Waals surface area (Å²) in [5.41, 5.74) is 7.52. The monoisotopic (exact) mass is 566 g/mol. The predicted molar refractivity (Wildman–Crippen MR) is 147 cm³/mol. The molecule has 5 N–H and O–H groups in total. The van der Waals surface area contributed by atoms with Gasteiger partial charge in [0.25, 0.3) is 5.91 Å². The van der Waals surface area contributed by atoms with E-state index in [-0.39, 0.29) is 29.4 Å². The standard InChI is InChI=1S/C28H29F3N8O2/c1-2-33-27(41)36-20-5-3-4-18(14-20)25-38-22(23-24(32)35-12-13-39(23)25)16-6-8-17(9-7-16)26(40)37-21-15-19(10-11-34-21)28(29,30)31/h6-13,15,18,20H,2-5,14H2,1H3,(H2,32,35)(H2,33,36,41)(H,34,37,40). The number of anilines is 2. The summed E-state index contributed by atoms with van der Waals surface area (Å²) >= 11 is 0. The number of hydrogen-bond donors (Lipinski definition) is 4. The molecule has 0 aliphatic heterocycles. The summed E-state index contributed by atoms with van der Waals surface area (Å²) in [6, 6.07) is 7.96. The molecule has 3 amide bonds. The highest BCUT2D eigenvalue weighted by molar-refractivity contribution is 6.04. The Bertz CT molecular complexity index is 1570. The number of nitrogen functional groups attached to an aromatic ring is 1. The Balaban J connectivity index is 1.39. The summed E-state index contributed by atoms with van der Waals surface area (Å²) in [6.45, 7) is 2.41. The van der Waals surface area contributed by atoms with Crippen LogP contribution in [0.2, 0.25) is 0 Å². The summed E-state index contributed by atoms with van der Waals surface area (Å²) in [4.78, 5) is 37.8. The molecule has 13 heteroatoms. The van der Waals surface area contributed by atoms with Gasteiger partial charge >= 0.3 is 12.2 Å². The highest BCUT2D eigenvalue weighted by atomic mass is 19.4. The summed E-state index contributed by atoms with van der Waals surface area (Å²) in [7, 11) is 0. The molecule has 0 spiro atoms. The Hall–Kier alpha value is -4.68. The lowest BCUT2D eigenvalue weighted by Gasteiger charge is -2.29. The van der Waals surface area contributed by atoms with Crippen molar-refractivity contribution < 1.29 is 22.8 Å². The number of alkyl halides is 3. The first-order valence-corrected chi connectivity index (χ1v) is 13.3. The number of urea groups is 1. The number of pyridine rings is 1. The summed E-state index contributed by atoms with van der Waals surface area (Å²) in [6.07, 6.45) is 3.29. The van der Waals surface area contributed by atoms with Crippen LogP contribution in [0.1, 0.15) is 60.3 Å². The van der Waals surface area contributed by atoms with Crippen LogP contribution in [-0.4, -0.2) is 43.9 Å². The number of aromatic nitrogens is 4. The molecule has 10 nitrogen and oxygen atoms in total. The maximum absolute atomic E-state index is 13.0. The third kappa shape index (κ3) is 6.08. The van der Waals surface area contributed by atoms with E-state index < -0.39 is 17.6 Å². The number of amides is 3. The fourth-order valence-corrected chi connectivity index (χ4v) is 5.17. The fourth-order valence-electron chi connectivity index (χ4n) is 5.17. The Morgan fingerprint density at radius 2 is 1.88 bits per heavy atom. The van der Waals surface area contributed by atoms with E-state index in [1.165, 1.54) is 0 Å². The number of nitrogens with zero attached hydrogens (tertiary/aromatic N) is 4. The summed E-state index contributed by atoms with van der Waals surface area (Å²) in [5.74, 6) is 0.372. The number of carbonyl (C=O) groups is 2. The molecule has 4 aromatic rings. The topological polar surface area (TPSA) is 139 Å². The third-order valence-electron chi connectivity index (χ3n) is 7.07. The summed E-state index contributed by atoms with van der Waals surface area (Å²) in [5, 5.41) is 8.22. The number of hydrogen-bond acceptors (Lipinski definition) is 6. The van der Waals surface area contributed by atoms with Gasteiger partial charge in [0.05, 0.1) is 5.56 Å². The van der Waals surface area contributed by atoms with E-state index in [9.17, 15) is 22.8 Å². The van der Waals surface area contributed by atoms with Crippen molar-refractivity contribution in [3.63, 3.8) is 0 Å². The molecular formula is C28H29F3N8O2. The van der Waals surface area contributed by atoms with Crippen LogP contribution in [0.25, 0.3) is 16.8 Å². The largest absolute Gasteiger partial charge is 0.416 e. The molecule has 0 bridgehead atoms. The van der Waals surface area contributed by atoms with Gasteiger partial charge in [0, 0.05) is 48.2 Å². The second-order valence-electron chi connectivity index (χ2n) is 9.87. The van der Waals surface area contributed by atoms with E-state index in [4.69, 9.17) is 10.7 Å². The molecular weight excluding hydrogens is 537 g/mol. The van der Waals surface area contributed by atoms with E-state index in [0.29, 0.717) is 29.1 Å². The van der Waals surface area contributed by atoms with Gasteiger partial charge in [-0.2, -0.15) is 13.2 Å². The minimum Gasteiger partial charge on any atom is -0.382 e. The van der Waals surface area contributed by atoms with Gasteiger partial charge in [-0.3, -0.25) is 9.20 Å². The first-order chi connectivity index (χ1) is 19.6. The van der Waals surface area contributed by atoms with Crippen LogP contribution in [-0.2, 0) is 6.18 Å². The van der Waals surface area contributed by atoms with E-state index in [0.717, 1.165) is 49.8 Å². The Morgan fingerprint density at radius 3 is 2.61 bits per heavy atom. The molecule has 0 radical (unpaired) electrons. The molecule has 3 aromatic heterocycles. The van der Waals surface area contributed by atoms with Gasteiger partial charge in [0.15, 0.2) is 0 Å². The van der Waals surface area contributed by atoms with Gasteiger partial charge in [-0.05, 0) is 50.5 Å². The Kier molecular flexibility index (Phi) is 7.77. The first-order valence-electron chi connectivity index (χ1n) is 13.3. The SMILES string of the molecule is CCNC(=O)NC1CCCC(c2nc(-c3ccc(C(=O)Nc4cc(C(F)(F)F)ccn4)cc3)c3c(N)nccn23)C1. The van der Waals surface area contributed by atoms with E-state index in [2.05, 4.69) is 25.9 Å². The average Bonchev–Trinajstić information content (AvgIpc) is 3.34. The highest BCUT2D eigenvalue weighted by Gasteiger charge is 2.31. The van der Waals surface area contributed by atoms with Crippen LogP contribution >= 0.6 is 0 Å². The van der Waals surface area contributed by atoms with Crippen molar-refractivity contribution in [1.29, 1.82) is 0 Å². The minimum atomic E-state index is -4.55. The van der Waals surface area contributed by atoms with Crippen molar-refractivity contribution in [2.45, 2.75) is 50.7 Å². The van der Waals surface area contributed by atoms with Crippen molar-refractivity contribution in [2.75, 3.05) is 17.6 Å². The number of halogens is 3. The zero-order valence-electron chi connectivity index (χ0n) is 22.2. The number of fused-ring (bicyclic) bond motifs is 1. The van der Waals surface area contributed by atoms with Crippen LogP contribution in [0.15, 0.2) is 55.0 Å². The van der Waals surface area contributed by atoms with Gasteiger partial charge in [0.1, 0.15) is 28.7 Å². The Morgan fingerprint density at radius 1 is 1.10 bits per heavy atom. The lowest BCUT2D eigenvalue weighted by atomic mass is 9.85. The molecule has 1 fully saturated rings. The van der Waals surface area contributed by atoms with Crippen molar-refractivity contribution in [1.82, 2.24) is 30.0 Å². The molecule has 1 aromatic carbocycles. The molecule has 214 valence electrons. The van der Waals surface area contributed by atoms with Gasteiger partial charge in [-0.1, -0.05) is 18.6 Å². The normalized spacial score (nSPS) is 17.3. The molecule has 1 saturated carbocycles. The van der Waals surface area contributed by atoms with E-state index in [1.807, 2.05) is 17.5 Å². The lowest BCUT2D eigenvalue weighted by molar-refractivity contribution is -0.137. The predicted octanol–water partition coefficient (Wildman–Crippen LogP) is 4.99. The van der Waals surface area contributed by atoms with Crippen LogP contribution in [0.4, 0.5) is 29.6 Å². The molecule has 2 unspecified atom stereocenters. The number of rotatable bonds is 6.